The molecule has 98 valence electrons. The van der Waals surface area contributed by atoms with Crippen LogP contribution in [0.2, 0.25) is 0 Å². The van der Waals surface area contributed by atoms with Crippen molar-refractivity contribution in [2.24, 2.45) is 5.10 Å². The molecule has 2 heterocycles. The average molecular weight is 274 g/mol. The smallest absolute Gasteiger partial charge is 0.216 e. The predicted octanol–water partition coefficient (Wildman–Crippen LogP) is 2.67. The molecule has 1 saturated heterocycles. The molecule has 6 heteroatoms. The number of hydrogen-bond acceptors (Lipinski definition) is 4. The van der Waals surface area contributed by atoms with Crippen molar-refractivity contribution >= 4 is 18.4 Å². The zero-order chi connectivity index (χ0) is 13.1. The van der Waals surface area contributed by atoms with Crippen molar-refractivity contribution in [1.82, 2.24) is 14.9 Å². The highest BCUT2D eigenvalue weighted by atomic mass is 32.1. The van der Waals surface area contributed by atoms with Gasteiger partial charge in [0.05, 0.1) is 6.21 Å². The summed E-state index contributed by atoms with van der Waals surface area (Å²) < 4.78 is 7.74. The first-order chi connectivity index (χ1) is 9.34. The Balaban J connectivity index is 1.90. The Bertz CT molecular complexity index is 626. The molecule has 3 rings (SSSR count). The van der Waals surface area contributed by atoms with Crippen molar-refractivity contribution in [2.75, 3.05) is 6.61 Å². The van der Waals surface area contributed by atoms with E-state index < -0.39 is 0 Å². The quantitative estimate of drug-likeness (QED) is 0.691. The van der Waals surface area contributed by atoms with Crippen LogP contribution in [-0.4, -0.2) is 27.7 Å². The summed E-state index contributed by atoms with van der Waals surface area (Å²) in [5, 5.41) is 11.4. The van der Waals surface area contributed by atoms with Gasteiger partial charge in [0, 0.05) is 6.61 Å². The molecule has 1 atom stereocenters. The minimum Gasteiger partial charge on any atom is -0.370 e. The van der Waals surface area contributed by atoms with Gasteiger partial charge in [-0.1, -0.05) is 30.3 Å². The van der Waals surface area contributed by atoms with E-state index in [0.29, 0.717) is 4.77 Å². The van der Waals surface area contributed by atoms with Crippen LogP contribution in [0.25, 0.3) is 0 Å². The largest absolute Gasteiger partial charge is 0.370 e. The number of aromatic amines is 1. The lowest BCUT2D eigenvalue weighted by Gasteiger charge is -2.07. The summed E-state index contributed by atoms with van der Waals surface area (Å²) in [5.74, 6) is 0.745. The Morgan fingerprint density at radius 2 is 2.26 bits per heavy atom. The van der Waals surface area contributed by atoms with Gasteiger partial charge in [-0.25, -0.2) is 0 Å². The monoisotopic (exact) mass is 274 g/mol. The maximum absolute atomic E-state index is 5.62. The van der Waals surface area contributed by atoms with Crippen molar-refractivity contribution < 1.29 is 4.74 Å². The van der Waals surface area contributed by atoms with Gasteiger partial charge in [0.1, 0.15) is 6.10 Å². The van der Waals surface area contributed by atoms with Crippen LogP contribution in [-0.2, 0) is 4.74 Å². The lowest BCUT2D eigenvalue weighted by atomic mass is 10.2. The Labute approximate surface area is 115 Å². The minimum atomic E-state index is -0.0131. The first kappa shape index (κ1) is 12.3. The minimum absolute atomic E-state index is 0.0131. The molecule has 0 spiro atoms. The van der Waals surface area contributed by atoms with E-state index >= 15 is 0 Å². The van der Waals surface area contributed by atoms with Gasteiger partial charge in [0.15, 0.2) is 5.82 Å². The number of nitrogens with zero attached hydrogens (tertiary/aromatic N) is 3. The molecule has 1 aliphatic rings. The van der Waals surface area contributed by atoms with Gasteiger partial charge < -0.3 is 4.74 Å². The van der Waals surface area contributed by atoms with Gasteiger partial charge in [0.25, 0.3) is 0 Å². The number of nitrogens with one attached hydrogen (secondary N) is 1. The summed E-state index contributed by atoms with van der Waals surface area (Å²) in [7, 11) is 0. The van der Waals surface area contributed by atoms with Crippen LogP contribution in [0.4, 0.5) is 0 Å². The molecule has 19 heavy (non-hydrogen) atoms. The zero-order valence-electron chi connectivity index (χ0n) is 10.3. The first-order valence-electron chi connectivity index (χ1n) is 6.23. The lowest BCUT2D eigenvalue weighted by molar-refractivity contribution is 0.102. The second-order valence-electron chi connectivity index (χ2n) is 4.36. The van der Waals surface area contributed by atoms with E-state index in [9.17, 15) is 0 Å². The average Bonchev–Trinajstić information content (AvgIpc) is 3.07. The fourth-order valence-electron chi connectivity index (χ4n) is 2.07. The molecule has 5 nitrogen and oxygen atoms in total. The van der Waals surface area contributed by atoms with Crippen LogP contribution in [0.3, 0.4) is 0 Å². The predicted molar refractivity (Wildman–Crippen MR) is 74.8 cm³/mol. The Morgan fingerprint density at radius 3 is 3.00 bits per heavy atom. The summed E-state index contributed by atoms with van der Waals surface area (Å²) in [6, 6.07) is 9.88. The molecule has 1 aliphatic heterocycles. The summed E-state index contributed by atoms with van der Waals surface area (Å²) in [6.07, 6.45) is 3.76. The highest BCUT2D eigenvalue weighted by Crippen LogP contribution is 2.26. The fourth-order valence-corrected chi connectivity index (χ4v) is 2.25. The zero-order valence-corrected chi connectivity index (χ0v) is 11.1. The standard InChI is InChI=1S/C13H14N4OS/c19-13-16-15-12(11-7-4-8-18-11)17(13)14-9-10-5-2-1-3-6-10/h1-3,5-6,9,11H,4,7-8H2,(H,16,19)/b14-9-/t11-/m1/s1. The number of ether oxygens (including phenoxy) is 1. The van der Waals surface area contributed by atoms with Crippen LogP contribution in [0.1, 0.15) is 30.3 Å². The molecular weight excluding hydrogens is 260 g/mol. The number of aromatic nitrogens is 3. The van der Waals surface area contributed by atoms with Crippen molar-refractivity contribution in [3.05, 3.63) is 46.5 Å². The lowest BCUT2D eigenvalue weighted by Crippen LogP contribution is -2.05. The molecule has 0 amide bonds. The number of H-pyrrole nitrogens is 1. The topological polar surface area (TPSA) is 55.2 Å². The third-order valence-electron chi connectivity index (χ3n) is 3.01. The van der Waals surface area contributed by atoms with Crippen molar-refractivity contribution in [1.29, 1.82) is 0 Å². The van der Waals surface area contributed by atoms with Gasteiger partial charge in [-0.3, -0.25) is 5.10 Å². The van der Waals surface area contributed by atoms with Gasteiger partial charge in [0.2, 0.25) is 4.77 Å². The van der Waals surface area contributed by atoms with E-state index in [1.165, 1.54) is 0 Å². The van der Waals surface area contributed by atoms with Crippen LogP contribution in [0.5, 0.6) is 0 Å². The van der Waals surface area contributed by atoms with Crippen molar-refractivity contribution in [2.45, 2.75) is 18.9 Å². The molecule has 0 aliphatic carbocycles. The highest BCUT2D eigenvalue weighted by molar-refractivity contribution is 7.71. The molecule has 1 aromatic heterocycles. The van der Waals surface area contributed by atoms with Gasteiger partial charge in [-0.05, 0) is 30.6 Å². The molecule has 0 unspecified atom stereocenters. The second kappa shape index (κ2) is 5.46. The summed E-state index contributed by atoms with van der Waals surface area (Å²) >= 11 is 5.20. The summed E-state index contributed by atoms with van der Waals surface area (Å²) in [6.45, 7) is 0.771. The van der Waals surface area contributed by atoms with E-state index in [1.807, 2.05) is 30.3 Å². The molecule has 0 bridgehead atoms. The molecule has 0 radical (unpaired) electrons. The van der Waals surface area contributed by atoms with Gasteiger partial charge in [-0.15, -0.1) is 0 Å². The fraction of sp³-hybridized carbons (Fsp3) is 0.308. The number of benzene rings is 1. The third kappa shape index (κ3) is 2.64. The van der Waals surface area contributed by atoms with E-state index in [2.05, 4.69) is 15.3 Å². The van der Waals surface area contributed by atoms with Crippen LogP contribution in [0, 0.1) is 4.77 Å². The van der Waals surface area contributed by atoms with Gasteiger partial charge >= 0.3 is 0 Å². The maximum atomic E-state index is 5.62. The number of rotatable bonds is 3. The molecule has 1 fully saturated rings. The van der Waals surface area contributed by atoms with E-state index in [1.54, 1.807) is 10.9 Å². The summed E-state index contributed by atoms with van der Waals surface area (Å²) in [4.78, 5) is 0. The molecule has 1 N–H and O–H groups in total. The van der Waals surface area contributed by atoms with E-state index in [-0.39, 0.29) is 6.10 Å². The Morgan fingerprint density at radius 1 is 1.42 bits per heavy atom. The highest BCUT2D eigenvalue weighted by Gasteiger charge is 2.23. The van der Waals surface area contributed by atoms with E-state index in [4.69, 9.17) is 17.0 Å². The maximum Gasteiger partial charge on any atom is 0.216 e. The molecule has 2 aromatic rings. The normalized spacial score (nSPS) is 19.3. The Kier molecular flexibility index (Phi) is 3.52. The molecular formula is C13H14N4OS. The van der Waals surface area contributed by atoms with Crippen molar-refractivity contribution in [3.63, 3.8) is 0 Å². The van der Waals surface area contributed by atoms with E-state index in [0.717, 1.165) is 30.8 Å². The van der Waals surface area contributed by atoms with Crippen molar-refractivity contribution in [3.8, 4) is 0 Å². The van der Waals surface area contributed by atoms with Gasteiger partial charge in [-0.2, -0.15) is 14.9 Å². The molecule has 1 aromatic carbocycles. The first-order valence-corrected chi connectivity index (χ1v) is 6.64. The van der Waals surface area contributed by atoms with Crippen LogP contribution >= 0.6 is 12.2 Å². The van der Waals surface area contributed by atoms with Crippen LogP contribution in [0.15, 0.2) is 35.4 Å². The Hall–Kier alpha value is -1.79. The number of hydrogen-bond donors (Lipinski definition) is 1. The molecule has 0 saturated carbocycles. The second-order valence-corrected chi connectivity index (χ2v) is 4.74. The third-order valence-corrected chi connectivity index (χ3v) is 3.28. The van der Waals surface area contributed by atoms with Crippen LogP contribution < -0.4 is 0 Å². The SMILES string of the molecule is S=c1[nH]nc([C@H]2CCCO2)n1/N=C\c1ccccc1. The summed E-state index contributed by atoms with van der Waals surface area (Å²) in [5.41, 5.74) is 1.02.